The molecular weight excluding hydrogens is 310 g/mol. The van der Waals surface area contributed by atoms with Crippen molar-refractivity contribution in [1.29, 1.82) is 0 Å². The fourth-order valence-corrected chi connectivity index (χ4v) is 5.40. The highest BCUT2D eigenvalue weighted by Crippen LogP contribution is 2.38. The van der Waals surface area contributed by atoms with E-state index >= 15 is 0 Å². The van der Waals surface area contributed by atoms with Crippen LogP contribution >= 0.6 is 11.3 Å². The van der Waals surface area contributed by atoms with Gasteiger partial charge in [0.25, 0.3) is 0 Å². The maximum atomic E-state index is 12.6. The Morgan fingerprint density at radius 1 is 1.38 bits per heavy atom. The minimum absolute atomic E-state index is 0.0513. The highest BCUT2D eigenvalue weighted by atomic mass is 32.2. The molecule has 0 bridgehead atoms. The molecule has 1 aliphatic carbocycles. The van der Waals surface area contributed by atoms with E-state index in [0.717, 1.165) is 37.0 Å². The van der Waals surface area contributed by atoms with Crippen LogP contribution in [-0.2, 0) is 10.0 Å². The molecule has 2 rings (SSSR count). The van der Waals surface area contributed by atoms with E-state index in [1.807, 2.05) is 0 Å². The van der Waals surface area contributed by atoms with Gasteiger partial charge in [0, 0.05) is 13.1 Å². The maximum absolute atomic E-state index is 12.6. The Labute approximate surface area is 129 Å². The van der Waals surface area contributed by atoms with Crippen molar-refractivity contribution in [2.75, 3.05) is 7.05 Å². The van der Waals surface area contributed by atoms with Crippen molar-refractivity contribution in [3.63, 3.8) is 0 Å². The van der Waals surface area contributed by atoms with Gasteiger partial charge in [0.15, 0.2) is 0 Å². The van der Waals surface area contributed by atoms with Crippen LogP contribution in [0.25, 0.3) is 0 Å². The first-order valence-electron chi connectivity index (χ1n) is 6.94. The number of carbonyl (C=O) groups is 1. The van der Waals surface area contributed by atoms with Gasteiger partial charge >= 0.3 is 5.97 Å². The molecule has 1 aliphatic rings. The third-order valence-corrected chi connectivity index (χ3v) is 7.29. The molecule has 1 aromatic rings. The summed E-state index contributed by atoms with van der Waals surface area (Å²) in [6, 6.07) is 1.33. The van der Waals surface area contributed by atoms with Crippen molar-refractivity contribution >= 4 is 27.3 Å². The molecule has 5 nitrogen and oxygen atoms in total. The summed E-state index contributed by atoms with van der Waals surface area (Å²) >= 11 is 0.943. The van der Waals surface area contributed by atoms with Crippen molar-refractivity contribution in [2.45, 2.75) is 50.5 Å². The fourth-order valence-electron chi connectivity index (χ4n) is 2.76. The largest absolute Gasteiger partial charge is 0.477 e. The number of carboxylic acids is 1. The predicted octanol–water partition coefficient (Wildman–Crippen LogP) is 3.04. The van der Waals surface area contributed by atoms with Crippen molar-refractivity contribution in [1.82, 2.24) is 4.31 Å². The van der Waals surface area contributed by atoms with E-state index in [1.54, 1.807) is 7.05 Å². The first-order chi connectivity index (χ1) is 9.65. The SMILES string of the molecule is CN(C1CCC(C)(C)CC1)S(=O)(=O)c1ccsc1C(=O)O. The van der Waals surface area contributed by atoms with Crippen LogP contribution in [-0.4, -0.2) is 36.9 Å². The molecule has 7 heteroatoms. The lowest BCUT2D eigenvalue weighted by atomic mass is 9.76. The third kappa shape index (κ3) is 3.30. The minimum Gasteiger partial charge on any atom is -0.477 e. The number of nitrogens with zero attached hydrogens (tertiary/aromatic N) is 1. The summed E-state index contributed by atoms with van der Waals surface area (Å²) in [7, 11) is -2.19. The number of carboxylic acid groups (broad SMARTS) is 1. The first kappa shape index (κ1) is 16.5. The third-order valence-electron chi connectivity index (χ3n) is 4.30. The highest BCUT2D eigenvalue weighted by molar-refractivity contribution is 7.89. The number of thiophene rings is 1. The van der Waals surface area contributed by atoms with E-state index in [2.05, 4.69) is 13.8 Å². The average Bonchev–Trinajstić information content (AvgIpc) is 2.88. The van der Waals surface area contributed by atoms with Gasteiger partial charge in [-0.2, -0.15) is 4.31 Å². The lowest BCUT2D eigenvalue weighted by Gasteiger charge is -2.37. The molecule has 0 amide bonds. The van der Waals surface area contributed by atoms with Crippen molar-refractivity contribution in [3.05, 3.63) is 16.3 Å². The zero-order valence-electron chi connectivity index (χ0n) is 12.5. The highest BCUT2D eigenvalue weighted by Gasteiger charge is 2.36. The van der Waals surface area contributed by atoms with E-state index in [4.69, 9.17) is 5.11 Å². The molecule has 1 N–H and O–H groups in total. The molecule has 0 atom stereocenters. The number of hydrogen-bond donors (Lipinski definition) is 1. The van der Waals surface area contributed by atoms with Crippen molar-refractivity contribution in [2.24, 2.45) is 5.41 Å². The number of sulfonamides is 1. The summed E-state index contributed by atoms with van der Waals surface area (Å²) in [6.07, 6.45) is 3.59. The van der Waals surface area contributed by atoms with Crippen LogP contribution in [0.2, 0.25) is 0 Å². The topological polar surface area (TPSA) is 74.7 Å². The van der Waals surface area contributed by atoms with Gasteiger partial charge < -0.3 is 5.11 Å². The lowest BCUT2D eigenvalue weighted by Crippen LogP contribution is -2.41. The van der Waals surface area contributed by atoms with E-state index in [-0.39, 0.29) is 21.2 Å². The van der Waals surface area contributed by atoms with Gasteiger partial charge in [0.1, 0.15) is 9.77 Å². The monoisotopic (exact) mass is 331 g/mol. The van der Waals surface area contributed by atoms with Gasteiger partial charge in [-0.1, -0.05) is 13.8 Å². The van der Waals surface area contributed by atoms with E-state index in [9.17, 15) is 13.2 Å². The molecule has 0 unspecified atom stereocenters. The standard InChI is InChI=1S/C14H21NO4S2/c1-14(2)7-4-10(5-8-14)15(3)21(18,19)11-6-9-20-12(11)13(16)17/h6,9-10H,4-5,7-8H2,1-3H3,(H,16,17). The molecule has 21 heavy (non-hydrogen) atoms. The van der Waals surface area contributed by atoms with Crippen LogP contribution in [0.5, 0.6) is 0 Å². The Hall–Kier alpha value is -0.920. The molecule has 1 heterocycles. The Morgan fingerprint density at radius 2 is 1.95 bits per heavy atom. The van der Waals surface area contributed by atoms with Crippen LogP contribution in [0.4, 0.5) is 0 Å². The molecule has 0 aromatic carbocycles. The maximum Gasteiger partial charge on any atom is 0.347 e. The van der Waals surface area contributed by atoms with E-state index < -0.39 is 16.0 Å². The molecular formula is C14H21NO4S2. The van der Waals surface area contributed by atoms with Gasteiger partial charge in [0.05, 0.1) is 0 Å². The Kier molecular flexibility index (Phi) is 4.46. The predicted molar refractivity (Wildman–Crippen MR) is 82.3 cm³/mol. The lowest BCUT2D eigenvalue weighted by molar-refractivity contribution is 0.0698. The second kappa shape index (κ2) is 5.70. The quantitative estimate of drug-likeness (QED) is 0.920. The van der Waals surface area contributed by atoms with E-state index in [0.29, 0.717) is 0 Å². The normalized spacial score (nSPS) is 19.8. The van der Waals surface area contributed by atoms with Crippen LogP contribution in [0, 0.1) is 5.41 Å². The summed E-state index contributed by atoms with van der Waals surface area (Å²) in [4.78, 5) is 10.9. The molecule has 0 saturated heterocycles. The summed E-state index contributed by atoms with van der Waals surface area (Å²) < 4.78 is 26.7. The summed E-state index contributed by atoms with van der Waals surface area (Å²) in [5, 5.41) is 10.6. The van der Waals surface area contributed by atoms with Crippen LogP contribution in [0.1, 0.15) is 49.2 Å². The second-order valence-corrected chi connectivity index (χ2v) is 9.22. The zero-order valence-corrected chi connectivity index (χ0v) is 14.1. The second-order valence-electron chi connectivity index (χ2n) is 6.34. The van der Waals surface area contributed by atoms with Gasteiger partial charge in [0.2, 0.25) is 10.0 Å². The Bertz CT molecular complexity index is 623. The van der Waals surface area contributed by atoms with Crippen molar-refractivity contribution < 1.29 is 18.3 Å². The van der Waals surface area contributed by atoms with Crippen LogP contribution in [0.15, 0.2) is 16.3 Å². The van der Waals surface area contributed by atoms with Gasteiger partial charge in [-0.05, 0) is 42.5 Å². The van der Waals surface area contributed by atoms with Crippen molar-refractivity contribution in [3.8, 4) is 0 Å². The minimum atomic E-state index is -3.75. The van der Waals surface area contributed by atoms with E-state index in [1.165, 1.54) is 15.8 Å². The molecule has 0 aliphatic heterocycles. The van der Waals surface area contributed by atoms with Gasteiger partial charge in [-0.3, -0.25) is 0 Å². The molecule has 1 aromatic heterocycles. The Balaban J connectivity index is 2.24. The number of aromatic carboxylic acids is 1. The number of rotatable bonds is 4. The number of hydrogen-bond acceptors (Lipinski definition) is 4. The molecule has 1 fully saturated rings. The molecule has 118 valence electrons. The summed E-state index contributed by atoms with van der Waals surface area (Å²) in [5.74, 6) is -1.19. The smallest absolute Gasteiger partial charge is 0.347 e. The Morgan fingerprint density at radius 3 is 2.48 bits per heavy atom. The molecule has 1 saturated carbocycles. The fraction of sp³-hybridized carbons (Fsp3) is 0.643. The summed E-state index contributed by atoms with van der Waals surface area (Å²) in [5.41, 5.74) is 0.260. The van der Waals surface area contributed by atoms with Gasteiger partial charge in [-0.15, -0.1) is 11.3 Å². The zero-order chi connectivity index (χ0) is 15.8. The van der Waals surface area contributed by atoms with Gasteiger partial charge in [-0.25, -0.2) is 13.2 Å². The average molecular weight is 331 g/mol. The first-order valence-corrected chi connectivity index (χ1v) is 9.26. The molecule has 0 radical (unpaired) electrons. The summed E-state index contributed by atoms with van der Waals surface area (Å²) in [6.45, 7) is 4.39. The van der Waals surface area contributed by atoms with Crippen LogP contribution < -0.4 is 0 Å². The molecule has 0 spiro atoms. The van der Waals surface area contributed by atoms with Crippen LogP contribution in [0.3, 0.4) is 0 Å².